The Bertz CT molecular complexity index is 849. The number of anilines is 2. The van der Waals surface area contributed by atoms with Crippen LogP contribution >= 0.6 is 0 Å². The first-order valence-electron chi connectivity index (χ1n) is 7.79. The van der Waals surface area contributed by atoms with Crippen LogP contribution in [0.2, 0.25) is 0 Å². The molecular formula is C19H24N2O2S. The third kappa shape index (κ3) is 3.79. The van der Waals surface area contributed by atoms with Gasteiger partial charge < -0.3 is 5.73 Å². The number of allylic oxidation sites excluding steroid dienone is 1. The van der Waals surface area contributed by atoms with Gasteiger partial charge in [-0.2, -0.15) is 0 Å². The van der Waals surface area contributed by atoms with Gasteiger partial charge in [-0.1, -0.05) is 42.5 Å². The van der Waals surface area contributed by atoms with E-state index in [9.17, 15) is 8.42 Å². The minimum Gasteiger partial charge on any atom is -0.397 e. The second-order valence-electron chi connectivity index (χ2n) is 6.59. The molecule has 2 rings (SSSR count). The Morgan fingerprint density at radius 1 is 1.04 bits per heavy atom. The summed E-state index contributed by atoms with van der Waals surface area (Å²) in [7, 11) is -3.54. The molecule has 5 heteroatoms. The minimum absolute atomic E-state index is 0.398. The molecule has 0 aliphatic rings. The molecule has 0 amide bonds. The molecule has 0 radical (unpaired) electrons. The van der Waals surface area contributed by atoms with E-state index in [-0.39, 0.29) is 0 Å². The molecule has 128 valence electrons. The van der Waals surface area contributed by atoms with E-state index in [1.807, 2.05) is 49.4 Å². The molecule has 0 saturated carbocycles. The standard InChI is InChI=1S/C19H24N2O2S/c1-5-16(14-9-7-6-8-10-14)15-11-12-17(20)18(13-15)21-24(22,23)19(2,3)4/h5-13,21H,20H2,1-4H3. The number of sulfonamides is 1. The summed E-state index contributed by atoms with van der Waals surface area (Å²) in [6, 6.07) is 15.3. The van der Waals surface area contributed by atoms with Crippen LogP contribution in [0.5, 0.6) is 0 Å². The maximum absolute atomic E-state index is 12.4. The molecule has 0 heterocycles. The lowest BCUT2D eigenvalue weighted by Crippen LogP contribution is -2.33. The number of benzene rings is 2. The summed E-state index contributed by atoms with van der Waals surface area (Å²) in [6.45, 7) is 6.90. The largest absolute Gasteiger partial charge is 0.397 e. The first-order chi connectivity index (χ1) is 11.2. The van der Waals surface area contributed by atoms with Crippen LogP contribution in [-0.2, 0) is 10.0 Å². The molecule has 2 aromatic rings. The highest BCUT2D eigenvalue weighted by Crippen LogP contribution is 2.30. The fourth-order valence-electron chi connectivity index (χ4n) is 2.23. The molecule has 3 N–H and O–H groups in total. The molecule has 0 saturated heterocycles. The van der Waals surface area contributed by atoms with Crippen molar-refractivity contribution in [2.45, 2.75) is 32.4 Å². The van der Waals surface area contributed by atoms with Crippen molar-refractivity contribution in [2.75, 3.05) is 10.5 Å². The number of nitrogens with two attached hydrogens (primary N) is 1. The second-order valence-corrected chi connectivity index (χ2v) is 9.02. The topological polar surface area (TPSA) is 72.2 Å². The number of hydrogen-bond donors (Lipinski definition) is 2. The van der Waals surface area contributed by atoms with Gasteiger partial charge in [0.1, 0.15) is 0 Å². The van der Waals surface area contributed by atoms with Crippen molar-refractivity contribution in [1.82, 2.24) is 0 Å². The minimum atomic E-state index is -3.54. The van der Waals surface area contributed by atoms with Crippen molar-refractivity contribution in [3.05, 3.63) is 65.7 Å². The molecule has 24 heavy (non-hydrogen) atoms. The van der Waals surface area contributed by atoms with Crippen LogP contribution in [-0.4, -0.2) is 13.2 Å². The molecule has 0 aromatic heterocycles. The van der Waals surface area contributed by atoms with Crippen LogP contribution in [0.1, 0.15) is 38.8 Å². The lowest BCUT2D eigenvalue weighted by atomic mass is 9.97. The highest BCUT2D eigenvalue weighted by atomic mass is 32.2. The summed E-state index contributed by atoms with van der Waals surface area (Å²) in [4.78, 5) is 0. The highest BCUT2D eigenvalue weighted by molar-refractivity contribution is 7.94. The van der Waals surface area contributed by atoms with E-state index in [0.29, 0.717) is 11.4 Å². The summed E-state index contributed by atoms with van der Waals surface area (Å²) in [6.07, 6.45) is 2.00. The summed E-state index contributed by atoms with van der Waals surface area (Å²) < 4.78 is 26.5. The van der Waals surface area contributed by atoms with E-state index in [0.717, 1.165) is 16.7 Å². The average Bonchev–Trinajstić information content (AvgIpc) is 2.51. The quantitative estimate of drug-likeness (QED) is 0.814. The molecule has 0 fully saturated rings. The van der Waals surface area contributed by atoms with E-state index in [4.69, 9.17) is 5.73 Å². The zero-order chi connectivity index (χ0) is 18.0. The van der Waals surface area contributed by atoms with Crippen molar-refractivity contribution in [2.24, 2.45) is 0 Å². The smallest absolute Gasteiger partial charge is 0.237 e. The summed E-state index contributed by atoms with van der Waals surface area (Å²) in [5.74, 6) is 0. The van der Waals surface area contributed by atoms with Crippen LogP contribution < -0.4 is 10.5 Å². The summed E-state index contributed by atoms with van der Waals surface area (Å²) in [5, 5.41) is 0. The Morgan fingerprint density at radius 3 is 2.21 bits per heavy atom. The zero-order valence-corrected chi connectivity index (χ0v) is 15.3. The molecule has 0 unspecified atom stereocenters. The van der Waals surface area contributed by atoms with Crippen LogP contribution in [0.15, 0.2) is 54.6 Å². The molecule has 0 atom stereocenters. The van der Waals surface area contributed by atoms with Crippen LogP contribution in [0.3, 0.4) is 0 Å². The lowest BCUT2D eigenvalue weighted by Gasteiger charge is -2.21. The third-order valence-electron chi connectivity index (χ3n) is 3.79. The predicted octanol–water partition coefficient (Wildman–Crippen LogP) is 4.26. The normalized spacial score (nSPS) is 12.9. The Kier molecular flexibility index (Phi) is 5.04. The molecular weight excluding hydrogens is 320 g/mol. The van der Waals surface area contributed by atoms with Gasteiger partial charge in [-0.15, -0.1) is 0 Å². The number of rotatable bonds is 4. The zero-order valence-electron chi connectivity index (χ0n) is 14.5. The lowest BCUT2D eigenvalue weighted by molar-refractivity contribution is 0.566. The van der Waals surface area contributed by atoms with Crippen LogP contribution in [0, 0.1) is 0 Å². The molecule has 4 nitrogen and oxygen atoms in total. The van der Waals surface area contributed by atoms with E-state index < -0.39 is 14.8 Å². The van der Waals surface area contributed by atoms with E-state index in [2.05, 4.69) is 4.72 Å². The van der Waals surface area contributed by atoms with Crippen molar-refractivity contribution < 1.29 is 8.42 Å². The molecule has 0 aliphatic heterocycles. The first kappa shape index (κ1) is 18.1. The Balaban J connectivity index is 2.46. The molecule has 2 aromatic carbocycles. The Labute approximate surface area is 144 Å². The van der Waals surface area contributed by atoms with Gasteiger partial charge in [-0.25, -0.2) is 8.42 Å². The van der Waals surface area contributed by atoms with Gasteiger partial charge in [-0.05, 0) is 56.5 Å². The van der Waals surface area contributed by atoms with E-state index >= 15 is 0 Å². The highest BCUT2D eigenvalue weighted by Gasteiger charge is 2.29. The number of hydrogen-bond acceptors (Lipinski definition) is 3. The molecule has 0 aliphatic carbocycles. The number of nitrogens with one attached hydrogen (secondary N) is 1. The van der Waals surface area contributed by atoms with E-state index in [1.165, 1.54) is 0 Å². The van der Waals surface area contributed by atoms with Crippen molar-refractivity contribution in [3.8, 4) is 0 Å². The van der Waals surface area contributed by atoms with E-state index in [1.54, 1.807) is 32.9 Å². The van der Waals surface area contributed by atoms with Gasteiger partial charge in [0.2, 0.25) is 10.0 Å². The Hall–Kier alpha value is -2.27. The van der Waals surface area contributed by atoms with Gasteiger partial charge in [-0.3, -0.25) is 4.72 Å². The van der Waals surface area contributed by atoms with Crippen LogP contribution in [0.25, 0.3) is 5.57 Å². The summed E-state index contributed by atoms with van der Waals surface area (Å²) >= 11 is 0. The van der Waals surface area contributed by atoms with Gasteiger partial charge in [0, 0.05) is 0 Å². The second kappa shape index (κ2) is 6.69. The predicted molar refractivity (Wildman–Crippen MR) is 102 cm³/mol. The molecule has 0 bridgehead atoms. The molecule has 0 spiro atoms. The summed E-state index contributed by atoms with van der Waals surface area (Å²) in [5.41, 5.74) is 9.76. The van der Waals surface area contributed by atoms with Crippen molar-refractivity contribution >= 4 is 27.0 Å². The average molecular weight is 344 g/mol. The Morgan fingerprint density at radius 2 is 1.67 bits per heavy atom. The van der Waals surface area contributed by atoms with Crippen molar-refractivity contribution in [3.63, 3.8) is 0 Å². The number of nitrogen functional groups attached to an aromatic ring is 1. The SMILES string of the molecule is CC=C(c1ccccc1)c1ccc(N)c(NS(=O)(=O)C(C)(C)C)c1. The van der Waals surface area contributed by atoms with Gasteiger partial charge in [0.15, 0.2) is 0 Å². The van der Waals surface area contributed by atoms with Crippen LogP contribution in [0.4, 0.5) is 11.4 Å². The fourth-order valence-corrected chi connectivity index (χ4v) is 3.00. The van der Waals surface area contributed by atoms with Crippen molar-refractivity contribution in [1.29, 1.82) is 0 Å². The van der Waals surface area contributed by atoms with Gasteiger partial charge >= 0.3 is 0 Å². The first-order valence-corrected chi connectivity index (χ1v) is 9.28. The maximum atomic E-state index is 12.4. The maximum Gasteiger partial charge on any atom is 0.237 e. The van der Waals surface area contributed by atoms with Gasteiger partial charge in [0.05, 0.1) is 16.1 Å². The fraction of sp³-hybridized carbons (Fsp3) is 0.263. The van der Waals surface area contributed by atoms with Gasteiger partial charge in [0.25, 0.3) is 0 Å². The monoisotopic (exact) mass is 344 g/mol. The third-order valence-corrected chi connectivity index (χ3v) is 5.89.